The molecule has 1 unspecified atom stereocenters. The maximum atomic E-state index is 13.2. The third kappa shape index (κ3) is 4.98. The van der Waals surface area contributed by atoms with Gasteiger partial charge in [-0.3, -0.25) is 9.59 Å². The number of hydrogen-bond donors (Lipinski definition) is 2. The Bertz CT molecular complexity index is 1040. The molecule has 2 aromatic rings. The van der Waals surface area contributed by atoms with E-state index in [4.69, 9.17) is 4.74 Å². The first-order valence-electron chi connectivity index (χ1n) is 11.7. The van der Waals surface area contributed by atoms with E-state index in [0.29, 0.717) is 13.0 Å². The fourth-order valence-corrected chi connectivity index (χ4v) is 5.08. The number of carbonyl (C=O) groups excluding carboxylic acids is 2. The number of amides is 2. The van der Waals surface area contributed by atoms with E-state index < -0.39 is 18.1 Å². The van der Waals surface area contributed by atoms with Crippen LogP contribution < -0.4 is 5.32 Å². The summed E-state index contributed by atoms with van der Waals surface area (Å²) >= 11 is 0. The summed E-state index contributed by atoms with van der Waals surface area (Å²) < 4.78 is 5.60. The first kappa shape index (κ1) is 23.5. The second kappa shape index (κ2) is 10.5. The zero-order valence-corrected chi connectivity index (χ0v) is 19.1. The van der Waals surface area contributed by atoms with Crippen LogP contribution in [0.25, 0.3) is 11.1 Å². The molecule has 2 N–H and O–H groups in total. The summed E-state index contributed by atoms with van der Waals surface area (Å²) in [7, 11) is 0. The molecule has 2 amide bonds. The van der Waals surface area contributed by atoms with Gasteiger partial charge in [0.1, 0.15) is 12.6 Å². The molecule has 1 heterocycles. The lowest BCUT2D eigenvalue weighted by Gasteiger charge is -2.37. The Morgan fingerprint density at radius 3 is 2.35 bits per heavy atom. The van der Waals surface area contributed by atoms with Gasteiger partial charge in [0.2, 0.25) is 5.91 Å². The third-order valence-corrected chi connectivity index (χ3v) is 6.66. The van der Waals surface area contributed by atoms with Crippen molar-refractivity contribution in [3.63, 3.8) is 0 Å². The summed E-state index contributed by atoms with van der Waals surface area (Å²) in [5.74, 6) is -1.30. The lowest BCUT2D eigenvalue weighted by Crippen LogP contribution is -2.53. The van der Waals surface area contributed by atoms with E-state index in [2.05, 4.69) is 24.0 Å². The smallest absolute Gasteiger partial charge is 0.407 e. The van der Waals surface area contributed by atoms with Crippen LogP contribution in [0, 0.1) is 0 Å². The van der Waals surface area contributed by atoms with Gasteiger partial charge in [0.15, 0.2) is 0 Å². The number of carboxylic acids is 1. The SMILES string of the molecule is C=CCC(NC(=O)OCC1c2ccccc2-c2ccccc21)C(=O)N1CCCC[C@H]1CC(=O)O. The number of carboxylic acid groups (broad SMARTS) is 1. The number of nitrogens with zero attached hydrogens (tertiary/aromatic N) is 1. The average molecular weight is 463 g/mol. The first-order valence-corrected chi connectivity index (χ1v) is 11.7. The molecule has 0 aromatic heterocycles. The second-order valence-electron chi connectivity index (χ2n) is 8.83. The van der Waals surface area contributed by atoms with Crippen LogP contribution in [0.3, 0.4) is 0 Å². The predicted octanol–water partition coefficient (Wildman–Crippen LogP) is 4.33. The Labute approximate surface area is 199 Å². The Balaban J connectivity index is 1.42. The molecule has 1 aliphatic heterocycles. The number of benzene rings is 2. The van der Waals surface area contributed by atoms with Crippen LogP contribution in [-0.4, -0.2) is 53.2 Å². The van der Waals surface area contributed by atoms with Crippen LogP contribution in [0.2, 0.25) is 0 Å². The van der Waals surface area contributed by atoms with Crippen molar-refractivity contribution in [2.75, 3.05) is 13.2 Å². The molecule has 0 spiro atoms. The van der Waals surface area contributed by atoms with Gasteiger partial charge in [0, 0.05) is 18.5 Å². The lowest BCUT2D eigenvalue weighted by atomic mass is 9.97. The molecule has 1 saturated heterocycles. The van der Waals surface area contributed by atoms with Crippen LogP contribution >= 0.6 is 0 Å². The van der Waals surface area contributed by atoms with E-state index in [1.807, 2.05) is 36.4 Å². The van der Waals surface area contributed by atoms with Gasteiger partial charge >= 0.3 is 12.1 Å². The predicted molar refractivity (Wildman–Crippen MR) is 128 cm³/mol. The van der Waals surface area contributed by atoms with Gasteiger partial charge in [0.25, 0.3) is 0 Å². The standard InChI is InChI=1S/C27H30N2O5/c1-2-9-24(26(32)29-15-8-7-10-18(29)16-25(30)31)28-27(33)34-17-23-21-13-5-3-11-19(21)20-12-4-6-14-22(20)23/h2-6,11-14,18,23-24H,1,7-10,15-17H2,(H,28,33)(H,30,31)/t18-,24?/m0/s1. The number of piperidine rings is 1. The number of aliphatic carboxylic acids is 1. The number of ether oxygens (including phenoxy) is 1. The van der Waals surface area contributed by atoms with E-state index in [9.17, 15) is 19.5 Å². The minimum atomic E-state index is -0.936. The Hall–Kier alpha value is -3.61. The molecule has 7 heteroatoms. The fourth-order valence-electron chi connectivity index (χ4n) is 5.08. The monoisotopic (exact) mass is 462 g/mol. The first-order chi connectivity index (χ1) is 16.5. The number of carbonyl (C=O) groups is 3. The summed E-state index contributed by atoms with van der Waals surface area (Å²) in [4.78, 5) is 38.8. The molecule has 2 aliphatic rings. The summed E-state index contributed by atoms with van der Waals surface area (Å²) in [5, 5.41) is 11.9. The molecule has 0 radical (unpaired) electrons. The molecule has 2 aromatic carbocycles. The van der Waals surface area contributed by atoms with Crippen molar-refractivity contribution in [1.82, 2.24) is 10.2 Å². The maximum Gasteiger partial charge on any atom is 0.407 e. The molecule has 34 heavy (non-hydrogen) atoms. The highest BCUT2D eigenvalue weighted by atomic mass is 16.5. The van der Waals surface area contributed by atoms with E-state index >= 15 is 0 Å². The van der Waals surface area contributed by atoms with Gasteiger partial charge in [0.05, 0.1) is 6.42 Å². The highest BCUT2D eigenvalue weighted by molar-refractivity contribution is 5.86. The highest BCUT2D eigenvalue weighted by Crippen LogP contribution is 2.44. The van der Waals surface area contributed by atoms with Crippen molar-refractivity contribution in [2.24, 2.45) is 0 Å². The van der Waals surface area contributed by atoms with Crippen molar-refractivity contribution in [1.29, 1.82) is 0 Å². The topological polar surface area (TPSA) is 95.9 Å². The summed E-state index contributed by atoms with van der Waals surface area (Å²) in [6.45, 7) is 4.34. The Kier molecular flexibility index (Phi) is 7.30. The van der Waals surface area contributed by atoms with Gasteiger partial charge < -0.3 is 20.1 Å². The van der Waals surface area contributed by atoms with Gasteiger partial charge in [-0.1, -0.05) is 54.6 Å². The van der Waals surface area contributed by atoms with Crippen LogP contribution in [0.5, 0.6) is 0 Å². The lowest BCUT2D eigenvalue weighted by molar-refractivity contribution is -0.142. The zero-order chi connectivity index (χ0) is 24.1. The average Bonchev–Trinajstić information content (AvgIpc) is 3.16. The van der Waals surface area contributed by atoms with Gasteiger partial charge in [-0.25, -0.2) is 4.79 Å². The molecular formula is C27H30N2O5. The summed E-state index contributed by atoms with van der Waals surface area (Å²) in [6, 6.07) is 15.0. The van der Waals surface area contributed by atoms with Crippen LogP contribution in [-0.2, 0) is 14.3 Å². The summed E-state index contributed by atoms with van der Waals surface area (Å²) in [5.41, 5.74) is 4.50. The largest absolute Gasteiger partial charge is 0.481 e. The van der Waals surface area contributed by atoms with Crippen molar-refractivity contribution < 1.29 is 24.2 Å². The molecule has 4 rings (SSSR count). The number of alkyl carbamates (subject to hydrolysis) is 1. The molecule has 7 nitrogen and oxygen atoms in total. The zero-order valence-electron chi connectivity index (χ0n) is 19.1. The minimum absolute atomic E-state index is 0.0752. The van der Waals surface area contributed by atoms with E-state index in [0.717, 1.165) is 35.1 Å². The van der Waals surface area contributed by atoms with Crippen molar-refractivity contribution in [3.8, 4) is 11.1 Å². The molecule has 0 bridgehead atoms. The number of hydrogen-bond acceptors (Lipinski definition) is 4. The summed E-state index contributed by atoms with van der Waals surface area (Å²) in [6.07, 6.45) is 3.37. The molecule has 178 valence electrons. The van der Waals surface area contributed by atoms with Crippen LogP contribution in [0.1, 0.15) is 49.1 Å². The third-order valence-electron chi connectivity index (χ3n) is 6.66. The van der Waals surface area contributed by atoms with Gasteiger partial charge in [-0.15, -0.1) is 6.58 Å². The molecular weight excluding hydrogens is 432 g/mol. The molecule has 0 saturated carbocycles. The number of rotatable bonds is 8. The Morgan fingerprint density at radius 1 is 1.09 bits per heavy atom. The van der Waals surface area contributed by atoms with Crippen molar-refractivity contribution >= 4 is 18.0 Å². The van der Waals surface area contributed by atoms with E-state index in [1.54, 1.807) is 11.0 Å². The van der Waals surface area contributed by atoms with Gasteiger partial charge in [-0.05, 0) is 47.9 Å². The highest BCUT2D eigenvalue weighted by Gasteiger charge is 2.34. The number of likely N-dealkylation sites (tertiary alicyclic amines) is 1. The number of nitrogens with one attached hydrogen (secondary N) is 1. The van der Waals surface area contributed by atoms with E-state index in [-0.39, 0.29) is 37.3 Å². The molecule has 1 aliphatic carbocycles. The maximum absolute atomic E-state index is 13.2. The number of fused-ring (bicyclic) bond motifs is 3. The van der Waals surface area contributed by atoms with Crippen molar-refractivity contribution in [2.45, 2.75) is 50.1 Å². The molecule has 1 fully saturated rings. The van der Waals surface area contributed by atoms with Crippen LogP contribution in [0.15, 0.2) is 61.2 Å². The minimum Gasteiger partial charge on any atom is -0.481 e. The van der Waals surface area contributed by atoms with Gasteiger partial charge in [-0.2, -0.15) is 0 Å². The second-order valence-corrected chi connectivity index (χ2v) is 8.83. The fraction of sp³-hybridized carbons (Fsp3) is 0.370. The Morgan fingerprint density at radius 2 is 1.74 bits per heavy atom. The van der Waals surface area contributed by atoms with Crippen molar-refractivity contribution in [3.05, 3.63) is 72.3 Å². The quantitative estimate of drug-likeness (QED) is 0.570. The normalized spacial score (nSPS) is 17.9. The molecule has 2 atom stereocenters. The van der Waals surface area contributed by atoms with E-state index in [1.165, 1.54) is 0 Å². The van der Waals surface area contributed by atoms with Crippen LogP contribution in [0.4, 0.5) is 4.79 Å².